The molecule has 1 aliphatic carbocycles. The Balaban J connectivity index is 2.19. The van der Waals surface area contributed by atoms with Crippen LogP contribution < -0.4 is 10.0 Å². The first-order valence-corrected chi connectivity index (χ1v) is 8.38. The van der Waals surface area contributed by atoms with Crippen molar-refractivity contribution < 1.29 is 9.47 Å². The van der Waals surface area contributed by atoms with Crippen molar-refractivity contribution >= 4 is 13.9 Å². The van der Waals surface area contributed by atoms with Gasteiger partial charge in [0.15, 0.2) is 0 Å². The van der Waals surface area contributed by atoms with Crippen LogP contribution in [0.4, 0.5) is 0 Å². The Morgan fingerprint density at radius 1 is 1.00 bits per heavy atom. The number of hydrogen-bond donors (Lipinski definition) is 0. The number of methoxy groups -OCH3 is 2. The Labute approximate surface area is 130 Å². The lowest BCUT2D eigenvalue weighted by Crippen LogP contribution is -2.13. The van der Waals surface area contributed by atoms with Gasteiger partial charge in [-0.2, -0.15) is 0 Å². The molecule has 0 amide bonds. The standard InChI is InChI=1S/C18H25O2P/c1-11-7-15(8-12(2)17(11)19-5)21-16-9-13(3)18(20-6)14(4)10-16/h7-9,16,21H,10H2,1-6H3. The van der Waals surface area contributed by atoms with Crippen LogP contribution in [0.25, 0.3) is 0 Å². The molecule has 2 unspecified atom stereocenters. The van der Waals surface area contributed by atoms with E-state index in [2.05, 4.69) is 45.9 Å². The number of allylic oxidation sites excluding steroid dienone is 3. The molecule has 0 bridgehead atoms. The van der Waals surface area contributed by atoms with Crippen molar-refractivity contribution in [3.05, 3.63) is 46.2 Å². The SMILES string of the molecule is COC1=C(C)CC(Pc2cc(C)c(OC)c(C)c2)C=C1C. The first-order chi connectivity index (χ1) is 9.96. The zero-order valence-corrected chi connectivity index (χ0v) is 14.8. The number of hydrogen-bond acceptors (Lipinski definition) is 2. The smallest absolute Gasteiger partial charge is 0.124 e. The van der Waals surface area contributed by atoms with Crippen LogP contribution in [0.2, 0.25) is 0 Å². The lowest BCUT2D eigenvalue weighted by molar-refractivity contribution is 0.293. The normalized spacial score (nSPS) is 19.1. The third-order valence-electron chi connectivity index (χ3n) is 3.94. The molecular formula is C18H25O2P. The fourth-order valence-corrected chi connectivity index (χ4v) is 4.96. The van der Waals surface area contributed by atoms with Gasteiger partial charge in [0.05, 0.1) is 14.2 Å². The van der Waals surface area contributed by atoms with Gasteiger partial charge in [-0.15, -0.1) is 0 Å². The summed E-state index contributed by atoms with van der Waals surface area (Å²) >= 11 is 0. The number of ether oxygens (including phenoxy) is 2. The van der Waals surface area contributed by atoms with E-state index in [0.29, 0.717) is 5.66 Å². The maximum Gasteiger partial charge on any atom is 0.124 e. The van der Waals surface area contributed by atoms with Crippen LogP contribution in [0.3, 0.4) is 0 Å². The Hall–Kier alpha value is -1.27. The van der Waals surface area contributed by atoms with Crippen LogP contribution in [0, 0.1) is 13.8 Å². The highest BCUT2D eigenvalue weighted by molar-refractivity contribution is 7.48. The van der Waals surface area contributed by atoms with Crippen molar-refractivity contribution in [3.63, 3.8) is 0 Å². The maximum absolute atomic E-state index is 5.48. The predicted molar refractivity (Wildman–Crippen MR) is 92.3 cm³/mol. The van der Waals surface area contributed by atoms with E-state index in [1.807, 2.05) is 0 Å². The third kappa shape index (κ3) is 3.49. The topological polar surface area (TPSA) is 18.5 Å². The van der Waals surface area contributed by atoms with Crippen LogP contribution >= 0.6 is 8.58 Å². The summed E-state index contributed by atoms with van der Waals surface area (Å²) in [7, 11) is 4.29. The van der Waals surface area contributed by atoms with E-state index in [-0.39, 0.29) is 0 Å². The van der Waals surface area contributed by atoms with E-state index >= 15 is 0 Å². The zero-order chi connectivity index (χ0) is 15.6. The van der Waals surface area contributed by atoms with Gasteiger partial charge in [0.25, 0.3) is 0 Å². The molecular weight excluding hydrogens is 279 g/mol. The molecule has 114 valence electrons. The molecule has 0 fully saturated rings. The minimum atomic E-state index is 0.580. The summed E-state index contributed by atoms with van der Waals surface area (Å²) < 4.78 is 10.9. The summed E-state index contributed by atoms with van der Waals surface area (Å²) in [4.78, 5) is 0. The molecule has 0 heterocycles. The molecule has 0 aromatic heterocycles. The monoisotopic (exact) mass is 304 g/mol. The molecule has 0 N–H and O–H groups in total. The molecule has 0 saturated heterocycles. The molecule has 1 aromatic rings. The second-order valence-corrected chi connectivity index (χ2v) is 7.37. The van der Waals surface area contributed by atoms with Crippen LogP contribution in [0.1, 0.15) is 31.4 Å². The van der Waals surface area contributed by atoms with Gasteiger partial charge in [0.1, 0.15) is 11.5 Å². The van der Waals surface area contributed by atoms with E-state index in [0.717, 1.165) is 26.5 Å². The van der Waals surface area contributed by atoms with Crippen molar-refractivity contribution in [2.24, 2.45) is 0 Å². The Kier molecular flexibility index (Phi) is 5.11. The van der Waals surface area contributed by atoms with E-state index in [4.69, 9.17) is 9.47 Å². The van der Waals surface area contributed by atoms with Crippen molar-refractivity contribution in [3.8, 4) is 5.75 Å². The molecule has 0 saturated carbocycles. The largest absolute Gasteiger partial charge is 0.497 e. The molecule has 2 nitrogen and oxygen atoms in total. The molecule has 0 spiro atoms. The lowest BCUT2D eigenvalue weighted by atomic mass is 9.99. The minimum Gasteiger partial charge on any atom is -0.497 e. The van der Waals surface area contributed by atoms with Crippen LogP contribution in [-0.2, 0) is 4.74 Å². The highest BCUT2D eigenvalue weighted by Crippen LogP contribution is 2.35. The van der Waals surface area contributed by atoms with Gasteiger partial charge in [-0.25, -0.2) is 0 Å². The summed E-state index contributed by atoms with van der Waals surface area (Å²) in [5.74, 6) is 2.08. The average Bonchev–Trinajstić information content (AvgIpc) is 2.38. The van der Waals surface area contributed by atoms with Gasteiger partial charge in [-0.05, 0) is 73.8 Å². The molecule has 1 aliphatic rings. The van der Waals surface area contributed by atoms with Gasteiger partial charge in [-0.3, -0.25) is 0 Å². The second kappa shape index (κ2) is 6.66. The van der Waals surface area contributed by atoms with Crippen molar-refractivity contribution in [2.75, 3.05) is 14.2 Å². The molecule has 0 aliphatic heterocycles. The fraction of sp³-hybridized carbons (Fsp3) is 0.444. The average molecular weight is 304 g/mol. The summed E-state index contributed by atoms with van der Waals surface area (Å²) in [6.07, 6.45) is 3.45. The molecule has 21 heavy (non-hydrogen) atoms. The summed E-state index contributed by atoms with van der Waals surface area (Å²) in [6.45, 7) is 8.56. The lowest BCUT2D eigenvalue weighted by Gasteiger charge is -2.23. The van der Waals surface area contributed by atoms with Gasteiger partial charge in [0, 0.05) is 5.66 Å². The Morgan fingerprint density at radius 2 is 1.62 bits per heavy atom. The van der Waals surface area contributed by atoms with E-state index < -0.39 is 0 Å². The van der Waals surface area contributed by atoms with Crippen molar-refractivity contribution in [2.45, 2.75) is 39.8 Å². The van der Waals surface area contributed by atoms with Gasteiger partial charge < -0.3 is 9.47 Å². The Morgan fingerprint density at radius 3 is 2.10 bits per heavy atom. The van der Waals surface area contributed by atoms with E-state index in [1.165, 1.54) is 27.6 Å². The van der Waals surface area contributed by atoms with E-state index in [9.17, 15) is 0 Å². The second-order valence-electron chi connectivity index (χ2n) is 5.76. The molecule has 0 radical (unpaired) electrons. The van der Waals surface area contributed by atoms with Gasteiger partial charge in [-0.1, -0.05) is 14.7 Å². The Bertz CT molecular complexity index is 576. The molecule has 2 rings (SSSR count). The molecule has 1 aromatic carbocycles. The van der Waals surface area contributed by atoms with Gasteiger partial charge in [0.2, 0.25) is 0 Å². The summed E-state index contributed by atoms with van der Waals surface area (Å²) in [6, 6.07) is 4.52. The molecule has 2 atom stereocenters. The summed E-state index contributed by atoms with van der Waals surface area (Å²) in [5.41, 5.74) is 5.65. The minimum absolute atomic E-state index is 0.580. The highest BCUT2D eigenvalue weighted by atomic mass is 31.1. The van der Waals surface area contributed by atoms with Gasteiger partial charge >= 0.3 is 0 Å². The number of benzene rings is 1. The third-order valence-corrected chi connectivity index (χ3v) is 5.31. The quantitative estimate of drug-likeness (QED) is 0.774. The maximum atomic E-state index is 5.48. The van der Waals surface area contributed by atoms with Crippen LogP contribution in [0.15, 0.2) is 35.1 Å². The predicted octanol–water partition coefficient (Wildman–Crippen LogP) is 4.25. The van der Waals surface area contributed by atoms with E-state index in [1.54, 1.807) is 14.2 Å². The highest BCUT2D eigenvalue weighted by Gasteiger charge is 2.19. The summed E-state index contributed by atoms with van der Waals surface area (Å²) in [5, 5.41) is 1.41. The first-order valence-electron chi connectivity index (χ1n) is 7.30. The van der Waals surface area contributed by atoms with Crippen molar-refractivity contribution in [1.82, 2.24) is 0 Å². The number of rotatable bonds is 4. The van der Waals surface area contributed by atoms with Crippen LogP contribution in [0.5, 0.6) is 5.75 Å². The zero-order valence-electron chi connectivity index (χ0n) is 13.8. The number of aryl methyl sites for hydroxylation is 2. The van der Waals surface area contributed by atoms with Crippen LogP contribution in [-0.4, -0.2) is 19.9 Å². The first kappa shape index (κ1) is 16.1. The van der Waals surface area contributed by atoms with Crippen molar-refractivity contribution in [1.29, 1.82) is 0 Å². The fourth-order valence-electron chi connectivity index (χ4n) is 3.19. The molecule has 3 heteroatoms.